The average Bonchev–Trinajstić information content (AvgIpc) is 2.38. The second-order valence-corrected chi connectivity index (χ2v) is 4.38. The number of aryl methyl sites for hydroxylation is 1. The van der Waals surface area contributed by atoms with Gasteiger partial charge in [-0.05, 0) is 43.4 Å². The van der Waals surface area contributed by atoms with Crippen LogP contribution in [-0.2, 0) is 6.42 Å². The number of allylic oxidation sites excluding steroid dienone is 1. The van der Waals surface area contributed by atoms with Crippen LogP contribution < -0.4 is 5.32 Å². The van der Waals surface area contributed by atoms with Gasteiger partial charge in [0.2, 0.25) is 0 Å². The van der Waals surface area contributed by atoms with E-state index in [0.717, 1.165) is 19.4 Å². The first-order chi connectivity index (χ1) is 8.33. The third-order valence-electron chi connectivity index (χ3n) is 3.16. The van der Waals surface area contributed by atoms with Gasteiger partial charge in [-0.3, -0.25) is 0 Å². The molecule has 1 heteroatoms. The molecule has 0 aromatic heterocycles. The molecule has 0 fully saturated rings. The quantitative estimate of drug-likeness (QED) is 0.521. The topological polar surface area (TPSA) is 12.0 Å². The molecule has 0 bridgehead atoms. The van der Waals surface area contributed by atoms with Crippen LogP contribution in [0, 0.1) is 0 Å². The summed E-state index contributed by atoms with van der Waals surface area (Å²) in [5, 5.41) is 3.60. The third kappa shape index (κ3) is 4.35. The zero-order valence-corrected chi connectivity index (χ0v) is 11.2. The Labute approximate surface area is 106 Å². The van der Waals surface area contributed by atoms with Crippen LogP contribution in [0.2, 0.25) is 0 Å². The largest absolute Gasteiger partial charge is 0.310 e. The summed E-state index contributed by atoms with van der Waals surface area (Å²) in [6.07, 6.45) is 6.63. The number of hydrogen-bond acceptors (Lipinski definition) is 1. The van der Waals surface area contributed by atoms with Crippen molar-refractivity contribution < 1.29 is 0 Å². The van der Waals surface area contributed by atoms with Crippen LogP contribution >= 0.6 is 0 Å². The second kappa shape index (κ2) is 8.08. The van der Waals surface area contributed by atoms with E-state index in [4.69, 9.17) is 0 Å². The molecule has 17 heavy (non-hydrogen) atoms. The van der Waals surface area contributed by atoms with Gasteiger partial charge in [0, 0.05) is 6.04 Å². The maximum atomic E-state index is 3.79. The van der Waals surface area contributed by atoms with Gasteiger partial charge in [0.1, 0.15) is 0 Å². The highest BCUT2D eigenvalue weighted by Gasteiger charge is 2.12. The monoisotopic (exact) mass is 231 g/mol. The van der Waals surface area contributed by atoms with Crippen molar-refractivity contribution in [3.05, 3.63) is 48.0 Å². The first kappa shape index (κ1) is 14.0. The molecule has 1 rings (SSSR count). The lowest BCUT2D eigenvalue weighted by molar-refractivity contribution is 0.497. The van der Waals surface area contributed by atoms with Gasteiger partial charge in [-0.1, -0.05) is 44.2 Å². The Kier molecular flexibility index (Phi) is 6.64. The smallest absolute Gasteiger partial charge is 0.0322 e. The molecule has 0 saturated carbocycles. The van der Waals surface area contributed by atoms with E-state index in [9.17, 15) is 0 Å². The molecule has 94 valence electrons. The minimum Gasteiger partial charge on any atom is -0.310 e. The lowest BCUT2D eigenvalue weighted by atomic mass is 9.95. The van der Waals surface area contributed by atoms with Crippen LogP contribution in [0.1, 0.15) is 50.3 Å². The molecule has 0 aliphatic heterocycles. The Morgan fingerprint density at radius 3 is 2.71 bits per heavy atom. The molecule has 0 spiro atoms. The Hall–Kier alpha value is -1.08. The van der Waals surface area contributed by atoms with Gasteiger partial charge in [0.15, 0.2) is 0 Å². The van der Waals surface area contributed by atoms with Crippen LogP contribution in [0.15, 0.2) is 36.9 Å². The van der Waals surface area contributed by atoms with Gasteiger partial charge in [-0.25, -0.2) is 0 Å². The Balaban J connectivity index is 2.76. The summed E-state index contributed by atoms with van der Waals surface area (Å²) in [6.45, 7) is 9.22. The molecule has 0 aliphatic carbocycles. The molecule has 0 radical (unpaired) electrons. The first-order valence-electron chi connectivity index (χ1n) is 6.75. The molecule has 1 aromatic carbocycles. The minimum absolute atomic E-state index is 0.496. The lowest BCUT2D eigenvalue weighted by Gasteiger charge is -2.21. The third-order valence-corrected chi connectivity index (χ3v) is 3.16. The summed E-state index contributed by atoms with van der Waals surface area (Å²) < 4.78 is 0. The van der Waals surface area contributed by atoms with Crippen molar-refractivity contribution in [2.75, 3.05) is 6.54 Å². The van der Waals surface area contributed by atoms with Crippen LogP contribution in [0.3, 0.4) is 0 Å². The van der Waals surface area contributed by atoms with Crippen molar-refractivity contribution in [2.45, 2.75) is 45.6 Å². The standard InChI is InChI=1S/C16H25N/c1-4-7-8-13-16(17-6-3)15-12-10-9-11-14(15)5-2/h4,9-12,16-17H,1,5-8,13H2,2-3H3. The van der Waals surface area contributed by atoms with Crippen molar-refractivity contribution in [3.63, 3.8) is 0 Å². The molecule has 1 atom stereocenters. The van der Waals surface area contributed by atoms with Crippen LogP contribution in [0.4, 0.5) is 0 Å². The molecule has 0 aliphatic rings. The fraction of sp³-hybridized carbons (Fsp3) is 0.500. The highest BCUT2D eigenvalue weighted by Crippen LogP contribution is 2.23. The van der Waals surface area contributed by atoms with Gasteiger partial charge in [-0.2, -0.15) is 0 Å². The lowest BCUT2D eigenvalue weighted by Crippen LogP contribution is -2.22. The predicted molar refractivity (Wildman–Crippen MR) is 76.3 cm³/mol. The predicted octanol–water partition coefficient (Wildman–Crippen LogP) is 4.26. The fourth-order valence-corrected chi connectivity index (χ4v) is 2.28. The maximum Gasteiger partial charge on any atom is 0.0322 e. The molecule has 1 aromatic rings. The van der Waals surface area contributed by atoms with Crippen LogP contribution in [-0.4, -0.2) is 6.54 Å². The Bertz CT molecular complexity index is 330. The van der Waals surface area contributed by atoms with E-state index in [1.165, 1.54) is 24.0 Å². The second-order valence-electron chi connectivity index (χ2n) is 4.38. The van der Waals surface area contributed by atoms with Crippen LogP contribution in [0.5, 0.6) is 0 Å². The zero-order chi connectivity index (χ0) is 12.5. The van der Waals surface area contributed by atoms with Gasteiger partial charge in [0.25, 0.3) is 0 Å². The van der Waals surface area contributed by atoms with E-state index in [2.05, 4.69) is 50.0 Å². The van der Waals surface area contributed by atoms with Crippen molar-refractivity contribution >= 4 is 0 Å². The Morgan fingerprint density at radius 1 is 1.29 bits per heavy atom. The maximum absolute atomic E-state index is 3.79. The summed E-state index contributed by atoms with van der Waals surface area (Å²) >= 11 is 0. The summed E-state index contributed by atoms with van der Waals surface area (Å²) in [6, 6.07) is 9.28. The van der Waals surface area contributed by atoms with E-state index in [1.807, 2.05) is 6.08 Å². The van der Waals surface area contributed by atoms with E-state index < -0.39 is 0 Å². The number of hydrogen-bond donors (Lipinski definition) is 1. The molecule has 0 heterocycles. The number of benzene rings is 1. The number of unbranched alkanes of at least 4 members (excludes halogenated alkanes) is 1. The summed E-state index contributed by atoms with van der Waals surface area (Å²) in [5.41, 5.74) is 2.94. The molecular formula is C16H25N. The molecule has 0 saturated heterocycles. The van der Waals surface area contributed by atoms with E-state index in [1.54, 1.807) is 0 Å². The zero-order valence-electron chi connectivity index (χ0n) is 11.2. The van der Waals surface area contributed by atoms with Crippen molar-refractivity contribution in [1.29, 1.82) is 0 Å². The summed E-state index contributed by atoms with van der Waals surface area (Å²) in [5.74, 6) is 0. The van der Waals surface area contributed by atoms with Gasteiger partial charge >= 0.3 is 0 Å². The Morgan fingerprint density at radius 2 is 2.06 bits per heavy atom. The van der Waals surface area contributed by atoms with Gasteiger partial charge < -0.3 is 5.32 Å². The van der Waals surface area contributed by atoms with Crippen molar-refractivity contribution in [3.8, 4) is 0 Å². The fourth-order valence-electron chi connectivity index (χ4n) is 2.28. The number of rotatable bonds is 8. The SMILES string of the molecule is C=CCCCC(NCC)c1ccccc1CC. The average molecular weight is 231 g/mol. The van der Waals surface area contributed by atoms with E-state index in [-0.39, 0.29) is 0 Å². The summed E-state index contributed by atoms with van der Waals surface area (Å²) in [4.78, 5) is 0. The highest BCUT2D eigenvalue weighted by atomic mass is 14.9. The highest BCUT2D eigenvalue weighted by molar-refractivity contribution is 5.30. The van der Waals surface area contributed by atoms with Gasteiger partial charge in [-0.15, -0.1) is 6.58 Å². The van der Waals surface area contributed by atoms with E-state index in [0.29, 0.717) is 6.04 Å². The first-order valence-corrected chi connectivity index (χ1v) is 6.75. The van der Waals surface area contributed by atoms with Crippen LogP contribution in [0.25, 0.3) is 0 Å². The minimum atomic E-state index is 0.496. The summed E-state index contributed by atoms with van der Waals surface area (Å²) in [7, 11) is 0. The normalized spacial score (nSPS) is 12.4. The van der Waals surface area contributed by atoms with Crippen molar-refractivity contribution in [1.82, 2.24) is 5.32 Å². The molecule has 1 unspecified atom stereocenters. The van der Waals surface area contributed by atoms with Gasteiger partial charge in [0.05, 0.1) is 0 Å². The number of nitrogens with one attached hydrogen (secondary N) is 1. The molecular weight excluding hydrogens is 206 g/mol. The molecule has 1 N–H and O–H groups in total. The molecule has 1 nitrogen and oxygen atoms in total. The van der Waals surface area contributed by atoms with Crippen molar-refractivity contribution in [2.24, 2.45) is 0 Å². The molecule has 0 amide bonds. The van der Waals surface area contributed by atoms with E-state index >= 15 is 0 Å².